The first-order valence-electron chi connectivity index (χ1n) is 10.1. The smallest absolute Gasteiger partial charge is 0.419 e. The molecule has 1 aromatic heterocycles. The SMILES string of the molecule is FC(F)(F)c1cc(COc2ccc3c(c2)cc2n3CCC2)ccc1OCC1CC1. The number of halogens is 3. The Labute approximate surface area is 167 Å². The van der Waals surface area contributed by atoms with Crippen LogP contribution in [0.25, 0.3) is 10.9 Å². The second-order valence-electron chi connectivity index (χ2n) is 7.98. The molecule has 1 aliphatic heterocycles. The van der Waals surface area contributed by atoms with E-state index in [-0.39, 0.29) is 12.4 Å². The number of aromatic nitrogens is 1. The maximum absolute atomic E-state index is 13.5. The summed E-state index contributed by atoms with van der Waals surface area (Å²) in [5, 5.41) is 1.11. The van der Waals surface area contributed by atoms with Crippen LogP contribution in [0.2, 0.25) is 0 Å². The lowest BCUT2D eigenvalue weighted by Crippen LogP contribution is -2.11. The molecule has 3 aromatic rings. The van der Waals surface area contributed by atoms with E-state index >= 15 is 0 Å². The van der Waals surface area contributed by atoms with Gasteiger partial charge in [0.1, 0.15) is 18.1 Å². The molecule has 1 saturated carbocycles. The molecule has 3 nitrogen and oxygen atoms in total. The van der Waals surface area contributed by atoms with Crippen LogP contribution in [0.15, 0.2) is 42.5 Å². The molecule has 0 unspecified atom stereocenters. The van der Waals surface area contributed by atoms with Crippen LogP contribution in [0, 0.1) is 5.92 Å². The van der Waals surface area contributed by atoms with Gasteiger partial charge < -0.3 is 14.0 Å². The van der Waals surface area contributed by atoms with Crippen molar-refractivity contribution in [1.82, 2.24) is 4.57 Å². The number of nitrogens with zero attached hydrogens (tertiary/aromatic N) is 1. The Morgan fingerprint density at radius 3 is 2.66 bits per heavy atom. The summed E-state index contributed by atoms with van der Waals surface area (Å²) >= 11 is 0. The van der Waals surface area contributed by atoms with Crippen LogP contribution in [0.5, 0.6) is 11.5 Å². The molecule has 2 aromatic carbocycles. The van der Waals surface area contributed by atoms with Crippen molar-refractivity contribution < 1.29 is 22.6 Å². The topological polar surface area (TPSA) is 23.4 Å². The van der Waals surface area contributed by atoms with Crippen molar-refractivity contribution in [3.8, 4) is 11.5 Å². The minimum atomic E-state index is -4.46. The molecule has 152 valence electrons. The van der Waals surface area contributed by atoms with E-state index in [1.165, 1.54) is 23.7 Å². The number of ether oxygens (including phenoxy) is 2. The zero-order chi connectivity index (χ0) is 20.0. The molecule has 6 heteroatoms. The fourth-order valence-electron chi connectivity index (χ4n) is 3.96. The number of hydrogen-bond donors (Lipinski definition) is 0. The van der Waals surface area contributed by atoms with Gasteiger partial charge in [-0.1, -0.05) is 6.07 Å². The van der Waals surface area contributed by atoms with E-state index in [2.05, 4.69) is 10.6 Å². The second kappa shape index (κ2) is 7.01. The largest absolute Gasteiger partial charge is 0.493 e. The third-order valence-corrected chi connectivity index (χ3v) is 5.70. The Hall–Kier alpha value is -2.63. The highest BCUT2D eigenvalue weighted by Crippen LogP contribution is 2.38. The summed E-state index contributed by atoms with van der Waals surface area (Å²) in [6, 6.07) is 12.2. The molecule has 0 N–H and O–H groups in total. The third kappa shape index (κ3) is 3.80. The molecule has 5 rings (SSSR count). The monoisotopic (exact) mass is 401 g/mol. The van der Waals surface area contributed by atoms with Crippen LogP contribution in [0.3, 0.4) is 0 Å². The van der Waals surface area contributed by atoms with Crippen LogP contribution < -0.4 is 9.47 Å². The zero-order valence-corrected chi connectivity index (χ0v) is 16.0. The van der Waals surface area contributed by atoms with Gasteiger partial charge in [0.25, 0.3) is 0 Å². The molecule has 0 saturated heterocycles. The summed E-state index contributed by atoms with van der Waals surface area (Å²) in [7, 11) is 0. The van der Waals surface area contributed by atoms with Crippen LogP contribution in [0.1, 0.15) is 36.1 Å². The molecule has 0 atom stereocenters. The van der Waals surface area contributed by atoms with Gasteiger partial charge in [-0.2, -0.15) is 13.2 Å². The minimum Gasteiger partial charge on any atom is -0.493 e. The molecule has 0 bridgehead atoms. The van der Waals surface area contributed by atoms with Gasteiger partial charge >= 0.3 is 6.18 Å². The lowest BCUT2D eigenvalue weighted by atomic mass is 10.1. The molecule has 0 spiro atoms. The van der Waals surface area contributed by atoms with Crippen molar-refractivity contribution in [3.05, 3.63) is 59.3 Å². The Kier molecular flexibility index (Phi) is 4.45. The lowest BCUT2D eigenvalue weighted by Gasteiger charge is -2.15. The van der Waals surface area contributed by atoms with Crippen molar-refractivity contribution in [2.45, 2.75) is 45.0 Å². The van der Waals surface area contributed by atoms with Gasteiger partial charge in [0.05, 0.1) is 12.2 Å². The fraction of sp³-hybridized carbons (Fsp3) is 0.391. The summed E-state index contributed by atoms with van der Waals surface area (Å²) < 4.78 is 53.9. The van der Waals surface area contributed by atoms with Gasteiger partial charge in [-0.15, -0.1) is 0 Å². The Balaban J connectivity index is 1.32. The highest BCUT2D eigenvalue weighted by molar-refractivity contribution is 5.83. The van der Waals surface area contributed by atoms with Crippen molar-refractivity contribution >= 4 is 10.9 Å². The summed E-state index contributed by atoms with van der Waals surface area (Å²) in [6.45, 7) is 1.46. The van der Waals surface area contributed by atoms with Crippen LogP contribution in [-0.4, -0.2) is 11.2 Å². The maximum atomic E-state index is 13.5. The minimum absolute atomic E-state index is 0.0745. The predicted octanol–water partition coefficient (Wildman–Crippen LogP) is 5.97. The first-order valence-corrected chi connectivity index (χ1v) is 10.1. The summed E-state index contributed by atoms with van der Waals surface area (Å²) in [6.07, 6.45) is -0.141. The van der Waals surface area contributed by atoms with Gasteiger partial charge in [0.15, 0.2) is 0 Å². The molecule has 1 fully saturated rings. The normalized spacial score (nSPS) is 16.2. The van der Waals surface area contributed by atoms with Gasteiger partial charge in [-0.25, -0.2) is 0 Å². The van der Waals surface area contributed by atoms with Crippen LogP contribution in [0.4, 0.5) is 13.2 Å². The molecule has 2 aliphatic rings. The number of benzene rings is 2. The highest BCUT2D eigenvalue weighted by Gasteiger charge is 2.35. The average molecular weight is 401 g/mol. The van der Waals surface area contributed by atoms with E-state index in [1.807, 2.05) is 18.2 Å². The van der Waals surface area contributed by atoms with Crippen molar-refractivity contribution in [2.75, 3.05) is 6.61 Å². The Morgan fingerprint density at radius 1 is 1.00 bits per heavy atom. The van der Waals surface area contributed by atoms with Gasteiger partial charge in [0, 0.05) is 23.1 Å². The van der Waals surface area contributed by atoms with E-state index in [9.17, 15) is 13.2 Å². The second-order valence-corrected chi connectivity index (χ2v) is 7.98. The Bertz CT molecular complexity index is 1050. The molecule has 1 aliphatic carbocycles. The lowest BCUT2D eigenvalue weighted by molar-refractivity contribution is -0.139. The number of aryl methyl sites for hydroxylation is 2. The van der Waals surface area contributed by atoms with Crippen LogP contribution >= 0.6 is 0 Å². The fourth-order valence-corrected chi connectivity index (χ4v) is 3.96. The number of fused-ring (bicyclic) bond motifs is 3. The van der Waals surface area contributed by atoms with Crippen molar-refractivity contribution in [3.63, 3.8) is 0 Å². The van der Waals surface area contributed by atoms with Gasteiger partial charge in [-0.3, -0.25) is 0 Å². The van der Waals surface area contributed by atoms with Gasteiger partial charge in [0.2, 0.25) is 0 Å². The molecular formula is C23H22F3NO2. The number of hydrogen-bond acceptors (Lipinski definition) is 2. The van der Waals surface area contributed by atoms with E-state index < -0.39 is 11.7 Å². The maximum Gasteiger partial charge on any atom is 0.419 e. The predicted molar refractivity (Wildman–Crippen MR) is 104 cm³/mol. The molecule has 0 radical (unpaired) electrons. The van der Waals surface area contributed by atoms with Crippen molar-refractivity contribution in [2.24, 2.45) is 5.92 Å². The quantitative estimate of drug-likeness (QED) is 0.508. The van der Waals surface area contributed by atoms with E-state index in [0.29, 0.717) is 23.8 Å². The first-order chi connectivity index (χ1) is 14.0. The average Bonchev–Trinajstić information content (AvgIpc) is 3.30. The molecule has 29 heavy (non-hydrogen) atoms. The zero-order valence-electron chi connectivity index (χ0n) is 16.0. The Morgan fingerprint density at radius 2 is 1.86 bits per heavy atom. The highest BCUT2D eigenvalue weighted by atomic mass is 19.4. The van der Waals surface area contributed by atoms with E-state index in [1.54, 1.807) is 6.07 Å². The summed E-state index contributed by atoms with van der Waals surface area (Å²) in [5.74, 6) is 0.951. The summed E-state index contributed by atoms with van der Waals surface area (Å²) in [5.41, 5.74) is 2.24. The van der Waals surface area contributed by atoms with Crippen LogP contribution in [-0.2, 0) is 25.7 Å². The number of rotatable bonds is 6. The summed E-state index contributed by atoms with van der Waals surface area (Å²) in [4.78, 5) is 0. The third-order valence-electron chi connectivity index (χ3n) is 5.70. The molecule has 0 amide bonds. The van der Waals surface area contributed by atoms with Crippen molar-refractivity contribution in [1.29, 1.82) is 0 Å². The number of alkyl halides is 3. The standard InChI is InChI=1S/C23H22F3NO2/c24-23(25,26)20-10-16(5-8-22(20)29-13-15-3-4-15)14-28-19-6-7-21-17(12-19)11-18-2-1-9-27(18)21/h5-8,10-12,15H,1-4,9,13-14H2. The van der Waals surface area contributed by atoms with E-state index in [4.69, 9.17) is 9.47 Å². The first kappa shape index (κ1) is 18.4. The molecular weight excluding hydrogens is 379 g/mol. The van der Waals surface area contributed by atoms with E-state index in [0.717, 1.165) is 37.3 Å². The molecule has 2 heterocycles. The van der Waals surface area contributed by atoms with Gasteiger partial charge in [-0.05, 0) is 73.6 Å².